The summed E-state index contributed by atoms with van der Waals surface area (Å²) in [6.07, 6.45) is 0.0326. The number of amides is 1. The van der Waals surface area contributed by atoms with E-state index in [1.165, 1.54) is 0 Å². The molecule has 29 heavy (non-hydrogen) atoms. The molecule has 0 heterocycles. The fraction of sp³-hybridized carbons (Fsp3) is 0.318. The number of carbonyl (C=O) groups excluding carboxylic acids is 3. The van der Waals surface area contributed by atoms with Crippen LogP contribution in [-0.2, 0) is 14.3 Å². The topological polar surface area (TPSA) is 84.5 Å². The lowest BCUT2D eigenvalue weighted by Gasteiger charge is -2.21. The number of halogens is 1. The summed E-state index contributed by atoms with van der Waals surface area (Å²) in [5, 5.41) is 6.22. The highest BCUT2D eigenvalue weighted by molar-refractivity contribution is 6.30. The van der Waals surface area contributed by atoms with Crippen molar-refractivity contribution in [3.05, 3.63) is 64.2 Å². The van der Waals surface area contributed by atoms with Crippen LogP contribution in [0.3, 0.4) is 0 Å². The van der Waals surface area contributed by atoms with Gasteiger partial charge < -0.3 is 15.4 Å². The van der Waals surface area contributed by atoms with Crippen LogP contribution in [0.25, 0.3) is 0 Å². The van der Waals surface area contributed by atoms with E-state index in [0.717, 1.165) is 16.8 Å². The van der Waals surface area contributed by atoms with Crippen molar-refractivity contribution in [3.8, 4) is 0 Å². The molecule has 2 N–H and O–H groups in total. The molecule has 7 heteroatoms. The van der Waals surface area contributed by atoms with Gasteiger partial charge in [-0.25, -0.2) is 0 Å². The molecule has 2 aromatic rings. The quantitative estimate of drug-likeness (QED) is 0.370. The molecular formula is C22H25ClN2O4. The van der Waals surface area contributed by atoms with Crippen LogP contribution in [0.5, 0.6) is 0 Å². The zero-order valence-electron chi connectivity index (χ0n) is 16.8. The minimum atomic E-state index is -1.15. The van der Waals surface area contributed by atoms with E-state index in [9.17, 15) is 14.4 Å². The second kappa shape index (κ2) is 10.6. The minimum absolute atomic E-state index is 0.0326. The number of ether oxygens (including phenoxy) is 1. The van der Waals surface area contributed by atoms with E-state index in [1.807, 2.05) is 32.0 Å². The molecule has 0 aromatic heterocycles. The van der Waals surface area contributed by atoms with Crippen molar-refractivity contribution in [3.63, 3.8) is 0 Å². The molecule has 0 saturated carbocycles. The Hall–Kier alpha value is -2.86. The number of para-hydroxylation sites is 1. The number of Topliss-reactive ketones (excluding diaryl/α,β-unsaturated/α-hetero) is 1. The fourth-order valence-electron chi connectivity index (χ4n) is 2.84. The van der Waals surface area contributed by atoms with Gasteiger partial charge in [-0.05, 0) is 56.2 Å². The molecular weight excluding hydrogens is 392 g/mol. The van der Waals surface area contributed by atoms with Gasteiger partial charge in [0.25, 0.3) is 5.91 Å². The normalized spacial score (nSPS) is 11.4. The average molecular weight is 417 g/mol. The van der Waals surface area contributed by atoms with Crippen molar-refractivity contribution in [2.24, 2.45) is 0 Å². The lowest BCUT2D eigenvalue weighted by Crippen LogP contribution is -2.46. The Kier molecular flexibility index (Phi) is 8.21. The largest absolute Gasteiger partial charge is 0.466 e. The molecule has 154 valence electrons. The predicted molar refractivity (Wildman–Crippen MR) is 113 cm³/mol. The third kappa shape index (κ3) is 6.32. The van der Waals surface area contributed by atoms with Crippen LogP contribution < -0.4 is 10.6 Å². The number of aryl methyl sites for hydroxylation is 2. The summed E-state index contributed by atoms with van der Waals surface area (Å²) in [5.74, 6) is -1.31. The Bertz CT molecular complexity index is 861. The number of esters is 1. The number of anilines is 1. The maximum Gasteiger partial charge on any atom is 0.307 e. The van der Waals surface area contributed by atoms with Crippen molar-refractivity contribution in [2.75, 3.05) is 18.5 Å². The van der Waals surface area contributed by atoms with Gasteiger partial charge in [0.2, 0.25) is 0 Å². The lowest BCUT2D eigenvalue weighted by molar-refractivity contribution is -0.143. The summed E-state index contributed by atoms with van der Waals surface area (Å²) < 4.78 is 4.85. The van der Waals surface area contributed by atoms with Gasteiger partial charge in [0, 0.05) is 22.8 Å². The van der Waals surface area contributed by atoms with Gasteiger partial charge in [0.1, 0.15) is 0 Å². The fourth-order valence-corrected chi connectivity index (χ4v) is 2.97. The molecule has 0 fully saturated rings. The first kappa shape index (κ1) is 22.4. The van der Waals surface area contributed by atoms with Gasteiger partial charge in [-0.1, -0.05) is 29.8 Å². The molecule has 0 aliphatic carbocycles. The second-order valence-corrected chi connectivity index (χ2v) is 7.00. The molecule has 1 atom stereocenters. The van der Waals surface area contributed by atoms with Gasteiger partial charge in [-0.15, -0.1) is 0 Å². The van der Waals surface area contributed by atoms with E-state index in [4.69, 9.17) is 16.3 Å². The Morgan fingerprint density at radius 1 is 1.03 bits per heavy atom. The van der Waals surface area contributed by atoms with Crippen LogP contribution in [0.15, 0.2) is 42.5 Å². The van der Waals surface area contributed by atoms with Crippen molar-refractivity contribution in [1.82, 2.24) is 5.32 Å². The van der Waals surface area contributed by atoms with E-state index in [1.54, 1.807) is 31.2 Å². The van der Waals surface area contributed by atoms with Gasteiger partial charge in [-0.2, -0.15) is 0 Å². The maximum atomic E-state index is 13.1. The molecule has 2 aromatic carbocycles. The number of ketones is 1. The van der Waals surface area contributed by atoms with Crippen LogP contribution in [0, 0.1) is 13.8 Å². The zero-order valence-corrected chi connectivity index (χ0v) is 17.5. The zero-order chi connectivity index (χ0) is 21.4. The Balaban J connectivity index is 2.22. The Morgan fingerprint density at radius 2 is 1.66 bits per heavy atom. The summed E-state index contributed by atoms with van der Waals surface area (Å²) in [7, 11) is 0. The maximum absolute atomic E-state index is 13.1. The van der Waals surface area contributed by atoms with E-state index >= 15 is 0 Å². The highest BCUT2D eigenvalue weighted by Crippen LogP contribution is 2.22. The third-order valence-corrected chi connectivity index (χ3v) is 4.61. The van der Waals surface area contributed by atoms with Crippen LogP contribution in [-0.4, -0.2) is 36.9 Å². The highest BCUT2D eigenvalue weighted by atomic mass is 35.5. The van der Waals surface area contributed by atoms with Crippen molar-refractivity contribution >= 4 is 34.9 Å². The van der Waals surface area contributed by atoms with E-state index in [2.05, 4.69) is 10.6 Å². The molecule has 0 spiro atoms. The van der Waals surface area contributed by atoms with Crippen LogP contribution in [0.2, 0.25) is 5.02 Å². The second-order valence-electron chi connectivity index (χ2n) is 6.56. The Morgan fingerprint density at radius 3 is 2.24 bits per heavy atom. The van der Waals surface area contributed by atoms with Gasteiger partial charge >= 0.3 is 5.97 Å². The number of hydrogen-bond acceptors (Lipinski definition) is 5. The number of rotatable bonds is 9. The number of hydrogen-bond donors (Lipinski definition) is 2. The highest BCUT2D eigenvalue weighted by Gasteiger charge is 2.28. The van der Waals surface area contributed by atoms with Crippen molar-refractivity contribution in [2.45, 2.75) is 33.2 Å². The van der Waals surface area contributed by atoms with E-state index in [0.29, 0.717) is 10.6 Å². The van der Waals surface area contributed by atoms with E-state index in [-0.39, 0.29) is 19.6 Å². The van der Waals surface area contributed by atoms with Crippen LogP contribution in [0.1, 0.15) is 34.8 Å². The van der Waals surface area contributed by atoms with Gasteiger partial charge in [0.05, 0.1) is 13.0 Å². The SMILES string of the molecule is CCOC(=O)CCNC(=O)C(Nc1c(C)cccc1C)C(=O)c1ccc(Cl)cc1. The lowest BCUT2D eigenvalue weighted by atomic mass is 10.0. The molecule has 0 aliphatic rings. The first-order chi connectivity index (χ1) is 13.8. The van der Waals surface area contributed by atoms with E-state index < -0.39 is 23.7 Å². The van der Waals surface area contributed by atoms with Gasteiger partial charge in [-0.3, -0.25) is 14.4 Å². The predicted octanol–water partition coefficient (Wildman–Crippen LogP) is 3.69. The molecule has 2 rings (SSSR count). The number of nitrogens with one attached hydrogen (secondary N) is 2. The molecule has 1 unspecified atom stereocenters. The van der Waals surface area contributed by atoms with Crippen molar-refractivity contribution < 1.29 is 19.1 Å². The van der Waals surface area contributed by atoms with Crippen molar-refractivity contribution in [1.29, 1.82) is 0 Å². The Labute approximate surface area is 175 Å². The molecule has 6 nitrogen and oxygen atoms in total. The third-order valence-electron chi connectivity index (χ3n) is 4.36. The molecule has 0 radical (unpaired) electrons. The summed E-state index contributed by atoms with van der Waals surface area (Å²) in [4.78, 5) is 37.4. The molecule has 0 aliphatic heterocycles. The average Bonchev–Trinajstić information content (AvgIpc) is 2.68. The summed E-state index contributed by atoms with van der Waals surface area (Å²) in [6.45, 7) is 5.87. The number of benzene rings is 2. The first-order valence-electron chi connectivity index (χ1n) is 9.39. The summed E-state index contributed by atoms with van der Waals surface area (Å²) in [6, 6.07) is 10.9. The molecule has 0 saturated heterocycles. The summed E-state index contributed by atoms with van der Waals surface area (Å²) in [5.41, 5.74) is 2.91. The molecule has 1 amide bonds. The van der Waals surface area contributed by atoms with Gasteiger partial charge in [0.15, 0.2) is 11.8 Å². The minimum Gasteiger partial charge on any atom is -0.466 e. The summed E-state index contributed by atoms with van der Waals surface area (Å²) >= 11 is 5.90. The first-order valence-corrected chi connectivity index (χ1v) is 9.77. The van der Waals surface area contributed by atoms with Crippen LogP contribution >= 0.6 is 11.6 Å². The standard InChI is InChI=1S/C22H25ClN2O4/c1-4-29-18(26)12-13-24-22(28)20(21(27)16-8-10-17(23)11-9-16)25-19-14(2)6-5-7-15(19)3/h5-11,20,25H,4,12-13H2,1-3H3,(H,24,28). The monoisotopic (exact) mass is 416 g/mol. The smallest absolute Gasteiger partial charge is 0.307 e. The molecule has 0 bridgehead atoms. The number of carbonyl (C=O) groups is 3. The van der Waals surface area contributed by atoms with Crippen LogP contribution in [0.4, 0.5) is 5.69 Å².